The average molecular weight is 571 g/mol. The second kappa shape index (κ2) is 13.3. The summed E-state index contributed by atoms with van der Waals surface area (Å²) in [6.45, 7) is 2.48. The Morgan fingerprint density at radius 2 is 2.05 bits per heavy atom. The predicted octanol–water partition coefficient (Wildman–Crippen LogP) is 5.94. The number of benzene rings is 2. The van der Waals surface area contributed by atoms with Crippen molar-refractivity contribution >= 4 is 45.7 Å². The number of nitrogens with zero attached hydrogens (tertiary/aromatic N) is 4. The van der Waals surface area contributed by atoms with E-state index in [-0.39, 0.29) is 11.9 Å². The molecule has 4 aromatic rings. The molecule has 2 N–H and O–H groups in total. The molecule has 1 unspecified atom stereocenters. The van der Waals surface area contributed by atoms with Crippen molar-refractivity contribution in [3.63, 3.8) is 0 Å². The molecule has 0 aliphatic carbocycles. The first-order valence-electron chi connectivity index (χ1n) is 13.5. The minimum atomic E-state index is -0.295. The molecule has 3 heterocycles. The summed E-state index contributed by atoms with van der Waals surface area (Å²) in [5, 5.41) is 7.30. The van der Waals surface area contributed by atoms with Gasteiger partial charge in [0.1, 0.15) is 18.0 Å². The number of carbonyl (C=O) groups is 1. The highest BCUT2D eigenvalue weighted by atomic mass is 35.5. The molecule has 1 aliphatic rings. The molecule has 2 aromatic carbocycles. The molecular formula is C31H31ClN6O3. The molecule has 1 amide bonds. The first-order chi connectivity index (χ1) is 20.0. The lowest BCUT2D eigenvalue weighted by Crippen LogP contribution is -2.39. The Hall–Kier alpha value is -4.39. The summed E-state index contributed by atoms with van der Waals surface area (Å²) in [6, 6.07) is 14.2. The molecule has 0 bridgehead atoms. The van der Waals surface area contributed by atoms with Gasteiger partial charge in [-0.25, -0.2) is 15.0 Å². The van der Waals surface area contributed by atoms with Crippen LogP contribution in [-0.4, -0.2) is 58.6 Å². The first-order valence-corrected chi connectivity index (χ1v) is 13.9. The van der Waals surface area contributed by atoms with Crippen molar-refractivity contribution in [1.82, 2.24) is 19.9 Å². The van der Waals surface area contributed by atoms with E-state index in [4.69, 9.17) is 27.5 Å². The highest BCUT2D eigenvalue weighted by Gasteiger charge is 2.20. The van der Waals surface area contributed by atoms with Crippen LogP contribution in [0.3, 0.4) is 0 Å². The van der Waals surface area contributed by atoms with E-state index in [0.29, 0.717) is 51.5 Å². The zero-order valence-electron chi connectivity index (χ0n) is 22.8. The molecular weight excluding hydrogens is 540 g/mol. The van der Waals surface area contributed by atoms with Crippen LogP contribution < -0.4 is 20.1 Å². The van der Waals surface area contributed by atoms with E-state index in [1.807, 2.05) is 12.1 Å². The van der Waals surface area contributed by atoms with E-state index < -0.39 is 0 Å². The van der Waals surface area contributed by atoms with E-state index in [0.717, 1.165) is 31.3 Å². The maximum Gasteiger partial charge on any atom is 0.256 e. The van der Waals surface area contributed by atoms with Crippen LogP contribution in [0.25, 0.3) is 10.9 Å². The summed E-state index contributed by atoms with van der Waals surface area (Å²) >= 11 is 5.99. The first kappa shape index (κ1) is 28.1. The Bertz CT molecular complexity index is 1560. The number of carbonyl (C=O) groups excluding carboxylic acids is 1. The van der Waals surface area contributed by atoms with Gasteiger partial charge < -0.3 is 20.1 Å². The molecule has 1 saturated heterocycles. The van der Waals surface area contributed by atoms with Gasteiger partial charge in [0.05, 0.1) is 37.2 Å². The van der Waals surface area contributed by atoms with Crippen molar-refractivity contribution in [2.24, 2.45) is 0 Å². The summed E-state index contributed by atoms with van der Waals surface area (Å²) in [6.07, 6.45) is 13.1. The van der Waals surface area contributed by atoms with Crippen molar-refractivity contribution < 1.29 is 14.3 Å². The van der Waals surface area contributed by atoms with E-state index >= 15 is 0 Å². The molecule has 1 aliphatic heterocycles. The molecule has 5 rings (SSSR count). The predicted molar refractivity (Wildman–Crippen MR) is 161 cm³/mol. The van der Waals surface area contributed by atoms with Gasteiger partial charge in [-0.15, -0.1) is 6.42 Å². The fraction of sp³-hybridized carbons (Fsp3) is 0.290. The highest BCUT2D eigenvalue weighted by Crippen LogP contribution is 2.35. The molecule has 0 spiro atoms. The van der Waals surface area contributed by atoms with Gasteiger partial charge in [-0.3, -0.25) is 9.69 Å². The number of halogens is 1. The molecule has 0 radical (unpaired) electrons. The number of methoxy groups -OCH3 is 1. The summed E-state index contributed by atoms with van der Waals surface area (Å²) in [5.41, 5.74) is 1.85. The molecule has 41 heavy (non-hydrogen) atoms. The molecule has 0 saturated carbocycles. The Kier molecular flexibility index (Phi) is 9.14. The molecule has 10 heteroatoms. The summed E-state index contributed by atoms with van der Waals surface area (Å²) in [7, 11) is 1.61. The van der Waals surface area contributed by atoms with Crippen LogP contribution in [0.5, 0.6) is 11.5 Å². The van der Waals surface area contributed by atoms with Crippen molar-refractivity contribution in [2.75, 3.05) is 37.4 Å². The summed E-state index contributed by atoms with van der Waals surface area (Å²) in [5.74, 6) is 4.82. The smallest absolute Gasteiger partial charge is 0.256 e. The summed E-state index contributed by atoms with van der Waals surface area (Å²) in [4.78, 5) is 28.0. The van der Waals surface area contributed by atoms with Crippen molar-refractivity contribution in [3.05, 3.63) is 71.6 Å². The molecule has 1 atom stereocenters. The van der Waals surface area contributed by atoms with Crippen LogP contribution in [0.4, 0.5) is 17.3 Å². The fourth-order valence-corrected chi connectivity index (χ4v) is 5.02. The normalized spacial score (nSPS) is 15.2. The third-order valence-electron chi connectivity index (χ3n) is 6.93. The Morgan fingerprint density at radius 1 is 1.15 bits per heavy atom. The number of aromatic nitrogens is 3. The second-order valence-corrected chi connectivity index (χ2v) is 10.1. The van der Waals surface area contributed by atoms with Crippen LogP contribution >= 0.6 is 11.6 Å². The van der Waals surface area contributed by atoms with E-state index in [1.54, 1.807) is 49.7 Å². The zero-order valence-corrected chi connectivity index (χ0v) is 23.5. The van der Waals surface area contributed by atoms with Crippen LogP contribution in [-0.2, 0) is 0 Å². The molecule has 1 fully saturated rings. The van der Waals surface area contributed by atoms with E-state index in [2.05, 4.69) is 36.4 Å². The van der Waals surface area contributed by atoms with Crippen LogP contribution in [0, 0.1) is 12.3 Å². The fourth-order valence-electron chi connectivity index (χ4n) is 4.83. The lowest BCUT2D eigenvalue weighted by atomic mass is 10.0. The standard InChI is InChI=1S/C31H31ClN6O3/c1-3-24-10-4-5-13-38(24)14-7-15-41-28-18-26-25(17-27(28)40-2)30(35-20-34-26)36-23-11-12-29(33-19-23)37-31(39)21-8-6-9-22(32)16-21/h1,6,8-9,11-12,16-20,24H,4-5,7,10,13-15H2,2H3,(H,33,37,39)(H,34,35,36). The molecule has 9 nitrogen and oxygen atoms in total. The minimum Gasteiger partial charge on any atom is -0.493 e. The molecule has 210 valence electrons. The molecule has 2 aromatic heterocycles. The largest absolute Gasteiger partial charge is 0.493 e. The van der Waals surface area contributed by atoms with Gasteiger partial charge in [0.2, 0.25) is 0 Å². The quantitative estimate of drug-likeness (QED) is 0.178. The van der Waals surface area contributed by atoms with Crippen LogP contribution in [0.1, 0.15) is 36.0 Å². The average Bonchev–Trinajstić information content (AvgIpc) is 3.00. The SMILES string of the molecule is C#CC1CCCCN1CCCOc1cc2ncnc(Nc3ccc(NC(=O)c4cccc(Cl)c4)nc3)c2cc1OC. The number of likely N-dealkylation sites (tertiary alicyclic amines) is 1. The number of hydrogen-bond donors (Lipinski definition) is 2. The van der Waals surface area contributed by atoms with Crippen LogP contribution in [0.2, 0.25) is 5.02 Å². The number of hydrogen-bond acceptors (Lipinski definition) is 8. The van der Waals surface area contributed by atoms with E-state index in [1.165, 1.54) is 19.2 Å². The van der Waals surface area contributed by atoms with Gasteiger partial charge in [0, 0.05) is 28.6 Å². The number of rotatable bonds is 10. The van der Waals surface area contributed by atoms with Gasteiger partial charge in [0.25, 0.3) is 5.91 Å². The number of pyridine rings is 1. The lowest BCUT2D eigenvalue weighted by Gasteiger charge is -2.32. The van der Waals surface area contributed by atoms with Crippen molar-refractivity contribution in [2.45, 2.75) is 31.7 Å². The Balaban J connectivity index is 1.23. The van der Waals surface area contributed by atoms with Gasteiger partial charge in [-0.05, 0) is 68.6 Å². The monoisotopic (exact) mass is 570 g/mol. The van der Waals surface area contributed by atoms with Gasteiger partial charge >= 0.3 is 0 Å². The van der Waals surface area contributed by atoms with Crippen molar-refractivity contribution in [1.29, 1.82) is 0 Å². The third-order valence-corrected chi connectivity index (χ3v) is 7.16. The zero-order chi connectivity index (χ0) is 28.6. The number of nitrogens with one attached hydrogen (secondary N) is 2. The van der Waals surface area contributed by atoms with Crippen molar-refractivity contribution in [3.8, 4) is 23.8 Å². The number of ether oxygens (including phenoxy) is 2. The third kappa shape index (κ3) is 7.04. The summed E-state index contributed by atoms with van der Waals surface area (Å²) < 4.78 is 11.7. The Morgan fingerprint density at radius 3 is 2.83 bits per heavy atom. The number of anilines is 3. The topological polar surface area (TPSA) is 102 Å². The maximum absolute atomic E-state index is 12.5. The Labute approximate surface area is 244 Å². The number of piperidine rings is 1. The van der Waals surface area contributed by atoms with E-state index in [9.17, 15) is 4.79 Å². The minimum absolute atomic E-state index is 0.223. The second-order valence-electron chi connectivity index (χ2n) is 9.68. The van der Waals surface area contributed by atoms with Gasteiger partial charge in [0.15, 0.2) is 11.5 Å². The van der Waals surface area contributed by atoms with Crippen LogP contribution in [0.15, 0.2) is 61.1 Å². The van der Waals surface area contributed by atoms with Gasteiger partial charge in [-0.2, -0.15) is 0 Å². The number of terminal acetylenes is 1. The lowest BCUT2D eigenvalue weighted by molar-refractivity contribution is 0.102. The number of amides is 1. The highest BCUT2D eigenvalue weighted by molar-refractivity contribution is 6.31. The maximum atomic E-state index is 12.5. The number of fused-ring (bicyclic) bond motifs is 1. The van der Waals surface area contributed by atoms with Gasteiger partial charge in [-0.1, -0.05) is 23.6 Å².